The van der Waals surface area contributed by atoms with Crippen molar-refractivity contribution in [2.45, 2.75) is 58.8 Å². The van der Waals surface area contributed by atoms with Crippen LogP contribution in [0.2, 0.25) is 0 Å². The molecule has 3 heteroatoms. The first-order valence-electron chi connectivity index (χ1n) is 4.46. The Labute approximate surface area is 104 Å². The van der Waals surface area contributed by atoms with E-state index in [2.05, 4.69) is 13.8 Å². The minimum absolute atomic E-state index is 0. The van der Waals surface area contributed by atoms with E-state index in [0.29, 0.717) is 0 Å². The van der Waals surface area contributed by atoms with Gasteiger partial charge in [-0.05, 0) is 26.4 Å². The Morgan fingerprint density at radius 3 is 2.00 bits per heavy atom. The molecule has 0 amide bonds. The second-order valence-corrected chi connectivity index (χ2v) is 4.53. The quantitative estimate of drug-likeness (QED) is 0.383. The molecule has 0 spiro atoms. The van der Waals surface area contributed by atoms with Gasteiger partial charge in [-0.3, -0.25) is 0 Å². The van der Waals surface area contributed by atoms with Crippen LogP contribution in [0.5, 0.6) is 0 Å². The third-order valence-corrected chi connectivity index (χ3v) is 2.70. The normalized spacial score (nSPS) is 32.3. The second-order valence-electron chi connectivity index (χ2n) is 4.53. The average molecular weight is 194 g/mol. The van der Waals surface area contributed by atoms with Gasteiger partial charge in [0.2, 0.25) is 0 Å². The molecule has 13 heavy (non-hydrogen) atoms. The van der Waals surface area contributed by atoms with Crippen molar-refractivity contribution in [2.75, 3.05) is 0 Å². The molecule has 0 N–H and O–H groups in total. The zero-order valence-electron chi connectivity index (χ0n) is 9.89. The predicted molar refractivity (Wildman–Crippen MR) is 48.7 cm³/mol. The average Bonchev–Trinajstić information content (AvgIpc) is 1.82. The maximum Gasteiger partial charge on any atom is 1.00 e. The molecule has 0 radical (unpaired) electrons. The van der Waals surface area contributed by atoms with E-state index in [9.17, 15) is 0 Å². The van der Waals surface area contributed by atoms with Crippen LogP contribution >= 0.6 is 0 Å². The monoisotopic (exact) mass is 194 g/mol. The molecule has 2 nitrogen and oxygen atoms in total. The van der Waals surface area contributed by atoms with E-state index in [1.807, 2.05) is 27.7 Å². The number of ether oxygens (including phenoxy) is 2. The Morgan fingerprint density at radius 2 is 1.62 bits per heavy atom. The van der Waals surface area contributed by atoms with E-state index in [0.717, 1.165) is 6.10 Å². The summed E-state index contributed by atoms with van der Waals surface area (Å²) in [6.45, 7) is 12.2. The van der Waals surface area contributed by atoms with Crippen LogP contribution in [-0.4, -0.2) is 17.3 Å². The summed E-state index contributed by atoms with van der Waals surface area (Å²) in [6.07, 6.45) is 1.10. The first-order chi connectivity index (χ1) is 5.26. The van der Waals surface area contributed by atoms with E-state index in [1.165, 1.54) is 0 Å². The van der Waals surface area contributed by atoms with Gasteiger partial charge in [-0.2, -0.15) is 13.0 Å². The first-order valence-corrected chi connectivity index (χ1v) is 4.46. The standard InChI is InChI=1S/C10H19O2.Na/c1-7-9(3,4)12-10(5,6)8(2)11-7;/h7H,1-6H3;/q-1;+1. The van der Waals surface area contributed by atoms with Crippen LogP contribution in [0.4, 0.5) is 0 Å². The molecule has 0 aliphatic carbocycles. The van der Waals surface area contributed by atoms with Gasteiger partial charge in [0.25, 0.3) is 0 Å². The van der Waals surface area contributed by atoms with E-state index in [1.54, 1.807) is 0 Å². The van der Waals surface area contributed by atoms with Crippen LogP contribution in [-0.2, 0) is 9.47 Å². The second kappa shape index (κ2) is 4.19. The summed E-state index contributed by atoms with van der Waals surface area (Å²) in [7, 11) is 0. The van der Waals surface area contributed by atoms with Gasteiger partial charge in [0.15, 0.2) is 0 Å². The molecule has 1 atom stereocenters. The topological polar surface area (TPSA) is 18.5 Å². The molecule has 0 aromatic heterocycles. The van der Waals surface area contributed by atoms with Crippen LogP contribution in [0.15, 0.2) is 0 Å². The minimum Gasteiger partial charge on any atom is -0.542 e. The molecule has 1 rings (SSSR count). The molecule has 1 fully saturated rings. The Kier molecular flexibility index (Phi) is 4.49. The maximum atomic E-state index is 5.92. The number of hydrogen-bond donors (Lipinski definition) is 0. The van der Waals surface area contributed by atoms with Crippen LogP contribution in [0, 0.1) is 6.10 Å². The molecule has 0 aromatic rings. The molecule has 1 aliphatic heterocycles. The molecule has 72 valence electrons. The summed E-state index contributed by atoms with van der Waals surface area (Å²) in [5, 5.41) is 0. The molecular weight excluding hydrogens is 175 g/mol. The fourth-order valence-corrected chi connectivity index (χ4v) is 1.36. The van der Waals surface area contributed by atoms with Crippen LogP contribution in [0.3, 0.4) is 0 Å². The van der Waals surface area contributed by atoms with E-state index in [4.69, 9.17) is 9.47 Å². The van der Waals surface area contributed by atoms with Crippen molar-refractivity contribution in [3.8, 4) is 0 Å². The number of rotatable bonds is 0. The molecular formula is C10H19NaO2. The molecule has 1 saturated heterocycles. The van der Waals surface area contributed by atoms with Gasteiger partial charge in [-0.15, -0.1) is 0 Å². The van der Waals surface area contributed by atoms with Crippen molar-refractivity contribution in [1.29, 1.82) is 0 Å². The molecule has 1 unspecified atom stereocenters. The summed E-state index contributed by atoms with van der Waals surface area (Å²) in [6, 6.07) is 0. The predicted octanol–water partition coefficient (Wildman–Crippen LogP) is -0.465. The molecule has 0 bridgehead atoms. The minimum atomic E-state index is -0.254. The fraction of sp³-hybridized carbons (Fsp3) is 0.900. The first kappa shape index (κ1) is 13.9. The smallest absolute Gasteiger partial charge is 0.542 e. The molecule has 0 aromatic carbocycles. The maximum absolute atomic E-state index is 5.92. The van der Waals surface area contributed by atoms with Gasteiger partial charge in [0.1, 0.15) is 0 Å². The molecule has 1 aliphatic rings. The van der Waals surface area contributed by atoms with E-state index >= 15 is 0 Å². The van der Waals surface area contributed by atoms with Crippen LogP contribution < -0.4 is 29.6 Å². The van der Waals surface area contributed by atoms with Gasteiger partial charge in [0.05, 0.1) is 5.60 Å². The van der Waals surface area contributed by atoms with Crippen LogP contribution in [0.25, 0.3) is 0 Å². The van der Waals surface area contributed by atoms with E-state index < -0.39 is 0 Å². The van der Waals surface area contributed by atoms with Crippen molar-refractivity contribution >= 4 is 0 Å². The zero-order chi connectivity index (χ0) is 9.57. The Balaban J connectivity index is 0.00000144. The summed E-state index contributed by atoms with van der Waals surface area (Å²) in [5.74, 6) is 0. The van der Waals surface area contributed by atoms with Crippen LogP contribution in [0.1, 0.15) is 41.5 Å². The van der Waals surface area contributed by atoms with Crippen molar-refractivity contribution in [3.05, 3.63) is 6.10 Å². The fourth-order valence-electron chi connectivity index (χ4n) is 1.36. The van der Waals surface area contributed by atoms with E-state index in [-0.39, 0.29) is 46.9 Å². The summed E-state index contributed by atoms with van der Waals surface area (Å²) < 4.78 is 11.6. The van der Waals surface area contributed by atoms with Crippen molar-refractivity contribution in [3.63, 3.8) is 0 Å². The number of hydrogen-bond acceptors (Lipinski definition) is 2. The largest absolute Gasteiger partial charge is 1.00 e. The third-order valence-electron chi connectivity index (χ3n) is 2.70. The van der Waals surface area contributed by atoms with Gasteiger partial charge in [-0.25, -0.2) is 0 Å². The summed E-state index contributed by atoms with van der Waals surface area (Å²) >= 11 is 0. The summed E-state index contributed by atoms with van der Waals surface area (Å²) in [5.41, 5.74) is -0.445. The summed E-state index contributed by atoms with van der Waals surface area (Å²) in [4.78, 5) is 0. The van der Waals surface area contributed by atoms with Gasteiger partial charge in [0, 0.05) is 6.10 Å². The Morgan fingerprint density at radius 1 is 1.15 bits per heavy atom. The SMILES string of the molecule is C[C-]1OC(C)C(C)(C)OC1(C)C.[Na+]. The van der Waals surface area contributed by atoms with Gasteiger partial charge >= 0.3 is 29.6 Å². The molecule has 1 heterocycles. The van der Waals surface area contributed by atoms with Gasteiger partial charge in [-0.1, -0.05) is 13.8 Å². The van der Waals surface area contributed by atoms with Crippen molar-refractivity contribution in [1.82, 2.24) is 0 Å². The Hall–Kier alpha value is 0.920. The Bertz CT molecular complexity index is 160. The van der Waals surface area contributed by atoms with Gasteiger partial charge < -0.3 is 9.47 Å². The third kappa shape index (κ3) is 2.93. The van der Waals surface area contributed by atoms with Crippen molar-refractivity contribution < 1.29 is 39.0 Å². The zero-order valence-corrected chi connectivity index (χ0v) is 11.9. The molecule has 0 saturated carbocycles. The van der Waals surface area contributed by atoms with Crippen molar-refractivity contribution in [2.24, 2.45) is 0 Å².